The number of hydrogen-bond acceptors (Lipinski definition) is 4. The standard InChI is InChI=1S/C16H26N2O3S/c1-13-6-7-16(14(2)11-13)22(19,20)17-12-15-5-4-8-18(15)9-10-21-3/h6-7,11,15,17H,4-5,8-10,12H2,1-3H3. The molecule has 1 heterocycles. The molecule has 1 fully saturated rings. The molecule has 0 aliphatic carbocycles. The van der Waals surface area contributed by atoms with Crippen molar-refractivity contribution in [2.45, 2.75) is 37.6 Å². The van der Waals surface area contributed by atoms with Crippen LogP contribution in [0.4, 0.5) is 0 Å². The first kappa shape index (κ1) is 17.4. The van der Waals surface area contributed by atoms with Crippen molar-refractivity contribution in [2.24, 2.45) is 0 Å². The number of likely N-dealkylation sites (tertiary alicyclic amines) is 1. The molecule has 2 rings (SSSR count). The van der Waals surface area contributed by atoms with Crippen molar-refractivity contribution in [1.29, 1.82) is 0 Å². The number of hydrogen-bond donors (Lipinski definition) is 1. The van der Waals surface area contributed by atoms with Crippen molar-refractivity contribution < 1.29 is 13.2 Å². The number of nitrogens with zero attached hydrogens (tertiary/aromatic N) is 1. The fourth-order valence-electron chi connectivity index (χ4n) is 3.01. The van der Waals surface area contributed by atoms with Crippen LogP contribution in [0.5, 0.6) is 0 Å². The van der Waals surface area contributed by atoms with Crippen LogP contribution in [0, 0.1) is 13.8 Å². The minimum atomic E-state index is -3.45. The highest BCUT2D eigenvalue weighted by Crippen LogP contribution is 2.19. The van der Waals surface area contributed by atoms with Crippen LogP contribution in [0.25, 0.3) is 0 Å². The summed E-state index contributed by atoms with van der Waals surface area (Å²) in [6, 6.07) is 5.68. The van der Waals surface area contributed by atoms with E-state index in [9.17, 15) is 8.42 Å². The minimum absolute atomic E-state index is 0.260. The monoisotopic (exact) mass is 326 g/mol. The van der Waals surface area contributed by atoms with Crippen molar-refractivity contribution in [2.75, 3.05) is 33.4 Å². The van der Waals surface area contributed by atoms with Gasteiger partial charge in [0.2, 0.25) is 10.0 Å². The Morgan fingerprint density at radius 3 is 2.82 bits per heavy atom. The highest BCUT2D eigenvalue weighted by molar-refractivity contribution is 7.89. The van der Waals surface area contributed by atoms with Crippen molar-refractivity contribution in [3.05, 3.63) is 29.3 Å². The molecule has 0 radical (unpaired) electrons. The SMILES string of the molecule is COCCN1CCCC1CNS(=O)(=O)c1ccc(C)cc1C. The molecule has 1 saturated heterocycles. The third-order valence-electron chi connectivity index (χ3n) is 4.21. The number of methoxy groups -OCH3 is 1. The summed E-state index contributed by atoms with van der Waals surface area (Å²) in [5, 5.41) is 0. The van der Waals surface area contributed by atoms with Gasteiger partial charge >= 0.3 is 0 Å². The smallest absolute Gasteiger partial charge is 0.240 e. The van der Waals surface area contributed by atoms with E-state index in [1.807, 2.05) is 26.0 Å². The number of rotatable bonds is 7. The molecule has 1 aliphatic rings. The predicted molar refractivity (Wildman–Crippen MR) is 87.6 cm³/mol. The molecule has 1 aromatic rings. The van der Waals surface area contributed by atoms with Crippen molar-refractivity contribution in [3.63, 3.8) is 0 Å². The van der Waals surface area contributed by atoms with Crippen molar-refractivity contribution >= 4 is 10.0 Å². The van der Waals surface area contributed by atoms with Crippen molar-refractivity contribution in [3.8, 4) is 0 Å². The normalized spacial score (nSPS) is 19.7. The van der Waals surface area contributed by atoms with Crippen LogP contribution in [0.3, 0.4) is 0 Å². The van der Waals surface area contributed by atoms with Gasteiger partial charge in [-0.2, -0.15) is 0 Å². The van der Waals surface area contributed by atoms with Gasteiger partial charge in [0.1, 0.15) is 0 Å². The Hall–Kier alpha value is -0.950. The van der Waals surface area contributed by atoms with Crippen LogP contribution in [0.1, 0.15) is 24.0 Å². The van der Waals surface area contributed by atoms with Gasteiger partial charge < -0.3 is 4.74 Å². The van der Waals surface area contributed by atoms with E-state index >= 15 is 0 Å². The quantitative estimate of drug-likeness (QED) is 0.828. The zero-order chi connectivity index (χ0) is 16.2. The molecule has 1 aromatic carbocycles. The molecule has 124 valence electrons. The summed E-state index contributed by atoms with van der Waals surface area (Å²) < 4.78 is 32.9. The molecule has 22 heavy (non-hydrogen) atoms. The Morgan fingerprint density at radius 1 is 1.36 bits per heavy atom. The lowest BCUT2D eigenvalue weighted by molar-refractivity contribution is 0.141. The Morgan fingerprint density at radius 2 is 2.14 bits per heavy atom. The molecule has 0 spiro atoms. The van der Waals surface area contributed by atoms with Gasteiger partial charge in [-0.05, 0) is 44.9 Å². The van der Waals surface area contributed by atoms with Gasteiger partial charge in [0, 0.05) is 26.2 Å². The van der Waals surface area contributed by atoms with E-state index in [-0.39, 0.29) is 6.04 Å². The van der Waals surface area contributed by atoms with Gasteiger partial charge in [0.25, 0.3) is 0 Å². The molecular formula is C16H26N2O3S. The second kappa shape index (κ2) is 7.55. The number of nitrogens with one attached hydrogen (secondary N) is 1. The van der Waals surface area contributed by atoms with Gasteiger partial charge in [-0.3, -0.25) is 4.90 Å². The lowest BCUT2D eigenvalue weighted by Gasteiger charge is -2.24. The van der Waals surface area contributed by atoms with E-state index in [0.717, 1.165) is 37.1 Å². The van der Waals surface area contributed by atoms with Gasteiger partial charge in [-0.15, -0.1) is 0 Å². The summed E-state index contributed by atoms with van der Waals surface area (Å²) in [6.45, 7) is 6.80. The zero-order valence-electron chi connectivity index (χ0n) is 13.6. The summed E-state index contributed by atoms with van der Waals surface area (Å²) in [6.07, 6.45) is 2.14. The summed E-state index contributed by atoms with van der Waals surface area (Å²) >= 11 is 0. The van der Waals surface area contributed by atoms with Crippen LogP contribution in [-0.4, -0.2) is 52.7 Å². The molecule has 0 saturated carbocycles. The lowest BCUT2D eigenvalue weighted by atomic mass is 10.2. The van der Waals surface area contributed by atoms with Crippen LogP contribution in [0.15, 0.2) is 23.1 Å². The van der Waals surface area contributed by atoms with E-state index < -0.39 is 10.0 Å². The molecule has 0 bridgehead atoms. The minimum Gasteiger partial charge on any atom is -0.383 e. The topological polar surface area (TPSA) is 58.6 Å². The number of benzene rings is 1. The van der Waals surface area contributed by atoms with Crippen LogP contribution >= 0.6 is 0 Å². The third kappa shape index (κ3) is 4.29. The van der Waals surface area contributed by atoms with E-state index in [2.05, 4.69) is 9.62 Å². The first-order valence-corrected chi connectivity index (χ1v) is 9.22. The van der Waals surface area contributed by atoms with Crippen molar-refractivity contribution in [1.82, 2.24) is 9.62 Å². The summed E-state index contributed by atoms with van der Waals surface area (Å²) in [7, 11) is -1.76. The number of aryl methyl sites for hydroxylation is 2. The highest BCUT2D eigenvalue weighted by atomic mass is 32.2. The van der Waals surface area contributed by atoms with Gasteiger partial charge in [-0.25, -0.2) is 13.1 Å². The average molecular weight is 326 g/mol. The number of ether oxygens (including phenoxy) is 1. The largest absolute Gasteiger partial charge is 0.383 e. The first-order valence-electron chi connectivity index (χ1n) is 7.74. The molecule has 1 unspecified atom stereocenters. The highest BCUT2D eigenvalue weighted by Gasteiger charge is 2.26. The van der Waals surface area contributed by atoms with Gasteiger partial charge in [0.05, 0.1) is 11.5 Å². The van der Waals surface area contributed by atoms with E-state index in [0.29, 0.717) is 18.0 Å². The van der Waals surface area contributed by atoms with Crippen LogP contribution < -0.4 is 4.72 Å². The number of sulfonamides is 1. The Labute approximate surface area is 133 Å². The Bertz CT molecular complexity index is 601. The molecule has 1 aliphatic heterocycles. The third-order valence-corrected chi connectivity index (χ3v) is 5.79. The van der Waals surface area contributed by atoms with Crippen LogP contribution in [-0.2, 0) is 14.8 Å². The summed E-state index contributed by atoms with van der Waals surface area (Å²) in [4.78, 5) is 2.67. The molecule has 1 atom stereocenters. The first-order chi connectivity index (χ1) is 10.4. The van der Waals surface area contributed by atoms with E-state index in [1.54, 1.807) is 13.2 Å². The summed E-state index contributed by atoms with van der Waals surface area (Å²) in [5.74, 6) is 0. The second-order valence-electron chi connectivity index (χ2n) is 5.95. The molecule has 5 nitrogen and oxygen atoms in total. The zero-order valence-corrected chi connectivity index (χ0v) is 14.4. The Balaban J connectivity index is 2.00. The molecular weight excluding hydrogens is 300 g/mol. The van der Waals surface area contributed by atoms with Crippen LogP contribution in [0.2, 0.25) is 0 Å². The molecule has 1 N–H and O–H groups in total. The fraction of sp³-hybridized carbons (Fsp3) is 0.625. The molecule has 0 amide bonds. The maximum atomic E-state index is 12.5. The predicted octanol–water partition coefficient (Wildman–Crippen LogP) is 1.69. The molecule has 6 heteroatoms. The fourth-order valence-corrected chi connectivity index (χ4v) is 4.31. The van der Waals surface area contributed by atoms with E-state index in [1.165, 1.54) is 0 Å². The summed E-state index contributed by atoms with van der Waals surface area (Å²) in [5.41, 5.74) is 1.85. The maximum absolute atomic E-state index is 12.5. The average Bonchev–Trinajstić information content (AvgIpc) is 2.90. The lowest BCUT2D eigenvalue weighted by Crippen LogP contribution is -2.41. The van der Waals surface area contributed by atoms with E-state index in [4.69, 9.17) is 4.74 Å². The molecule has 0 aromatic heterocycles. The second-order valence-corrected chi connectivity index (χ2v) is 7.68. The van der Waals surface area contributed by atoms with Gasteiger partial charge in [-0.1, -0.05) is 17.7 Å². The Kier molecular flexibility index (Phi) is 5.97. The maximum Gasteiger partial charge on any atom is 0.240 e. The van der Waals surface area contributed by atoms with Gasteiger partial charge in [0.15, 0.2) is 0 Å².